The van der Waals surface area contributed by atoms with E-state index < -0.39 is 11.6 Å². The van der Waals surface area contributed by atoms with Crippen molar-refractivity contribution >= 4 is 29.5 Å². The quantitative estimate of drug-likeness (QED) is 0.525. The summed E-state index contributed by atoms with van der Waals surface area (Å²) < 4.78 is 0. The van der Waals surface area contributed by atoms with E-state index in [9.17, 15) is 19.8 Å². The Morgan fingerprint density at radius 2 is 1.88 bits per heavy atom. The largest absolute Gasteiger partial charge is 0.481 e. The van der Waals surface area contributed by atoms with Crippen LogP contribution in [0.2, 0.25) is 0 Å². The van der Waals surface area contributed by atoms with E-state index >= 15 is 0 Å². The zero-order valence-electron chi connectivity index (χ0n) is 19.1. The van der Waals surface area contributed by atoms with Crippen LogP contribution in [0.15, 0.2) is 17.2 Å². The van der Waals surface area contributed by atoms with Crippen LogP contribution in [0.3, 0.4) is 0 Å². The molecule has 6 fully saturated rings. The molecule has 0 aromatic carbocycles. The van der Waals surface area contributed by atoms with Gasteiger partial charge in [0.05, 0.1) is 17.1 Å². The van der Waals surface area contributed by atoms with Gasteiger partial charge in [-0.1, -0.05) is 6.92 Å². The topological polar surface area (TPSA) is 103 Å². The predicted octanol–water partition coefficient (Wildman–Crippen LogP) is 3.02. The van der Waals surface area contributed by atoms with Crippen LogP contribution in [-0.4, -0.2) is 57.6 Å². The van der Waals surface area contributed by atoms with Crippen LogP contribution in [0, 0.1) is 35.5 Å². The fourth-order valence-electron chi connectivity index (χ4n) is 7.61. The number of carbonyl (C=O) groups is 2. The molecule has 8 heteroatoms. The molecule has 1 aromatic heterocycles. The van der Waals surface area contributed by atoms with E-state index in [4.69, 9.17) is 4.98 Å². The van der Waals surface area contributed by atoms with Crippen molar-refractivity contribution in [3.63, 3.8) is 0 Å². The zero-order chi connectivity index (χ0) is 22.9. The van der Waals surface area contributed by atoms with Gasteiger partial charge >= 0.3 is 5.97 Å². The summed E-state index contributed by atoms with van der Waals surface area (Å²) in [5.74, 6) is 2.64. The number of carbonyl (C=O) groups excluding carboxylic acids is 1. The summed E-state index contributed by atoms with van der Waals surface area (Å²) >= 11 is 1.62. The van der Waals surface area contributed by atoms with Crippen molar-refractivity contribution in [2.75, 3.05) is 23.7 Å². The predicted molar refractivity (Wildman–Crippen MR) is 125 cm³/mol. The number of carboxylic acid groups (broad SMARTS) is 1. The number of fused-ring (bicyclic) bond motifs is 1. The van der Waals surface area contributed by atoms with E-state index in [-0.39, 0.29) is 29.7 Å². The summed E-state index contributed by atoms with van der Waals surface area (Å²) in [7, 11) is 0. The molecule has 7 nitrogen and oxygen atoms in total. The number of nitrogens with one attached hydrogen (secondary N) is 1. The maximum Gasteiger partial charge on any atom is 0.307 e. The minimum absolute atomic E-state index is 0.0488. The molecule has 2 heterocycles. The number of aromatic nitrogens is 1. The molecule has 33 heavy (non-hydrogen) atoms. The minimum Gasteiger partial charge on any atom is -0.481 e. The van der Waals surface area contributed by atoms with Crippen LogP contribution in [-0.2, 0) is 4.79 Å². The van der Waals surface area contributed by atoms with E-state index in [0.717, 1.165) is 68.2 Å². The number of rotatable bonds is 7. The number of pyridine rings is 1. The molecule has 5 aliphatic carbocycles. The molecule has 1 amide bonds. The van der Waals surface area contributed by atoms with E-state index in [1.165, 1.54) is 0 Å². The number of amides is 1. The van der Waals surface area contributed by atoms with Crippen LogP contribution >= 0.6 is 11.8 Å². The number of aliphatic hydroxyl groups is 1. The Bertz CT molecular complexity index is 958. The first-order valence-corrected chi connectivity index (χ1v) is 13.5. The first-order valence-electron chi connectivity index (χ1n) is 12.5. The van der Waals surface area contributed by atoms with E-state index in [2.05, 4.69) is 17.1 Å². The van der Waals surface area contributed by atoms with Gasteiger partial charge in [0, 0.05) is 19.1 Å². The smallest absolute Gasteiger partial charge is 0.307 e. The van der Waals surface area contributed by atoms with Gasteiger partial charge in [-0.15, -0.1) is 11.8 Å². The fraction of sp³-hybridized carbons (Fsp3) is 0.720. The second-order valence-corrected chi connectivity index (χ2v) is 12.2. The number of hydrogen-bond donors (Lipinski definition) is 3. The Balaban J connectivity index is 1.18. The van der Waals surface area contributed by atoms with Crippen molar-refractivity contribution in [3.8, 4) is 0 Å². The average Bonchev–Trinajstić information content (AvgIpc) is 3.28. The normalized spacial score (nSPS) is 40.1. The van der Waals surface area contributed by atoms with Crippen molar-refractivity contribution < 1.29 is 19.8 Å². The van der Waals surface area contributed by atoms with Crippen LogP contribution in [0.25, 0.3) is 0 Å². The van der Waals surface area contributed by atoms with Gasteiger partial charge < -0.3 is 20.4 Å². The molecule has 7 rings (SSSR count). The SMILES string of the molecule is CCCSc1nc(N2CC3C(C2)C3C(=O)O)ccc1C(=O)NC1C2CC3CC1CC(O)(C3)C2. The maximum atomic E-state index is 13.4. The molecule has 0 radical (unpaired) electrons. The summed E-state index contributed by atoms with van der Waals surface area (Å²) in [5, 5.41) is 24.3. The number of piperidine rings is 1. The van der Waals surface area contributed by atoms with Gasteiger partial charge in [0.2, 0.25) is 0 Å². The second kappa shape index (κ2) is 7.87. The number of anilines is 1. The number of nitrogens with zero attached hydrogens (tertiary/aromatic N) is 2. The first-order chi connectivity index (χ1) is 15.8. The highest BCUT2D eigenvalue weighted by Gasteiger charge is 2.60. The summed E-state index contributed by atoms with van der Waals surface area (Å²) in [6.45, 7) is 3.58. The molecular formula is C25H33N3O4S. The molecule has 4 bridgehead atoms. The Labute approximate surface area is 198 Å². The number of aliphatic carboxylic acids is 1. The molecule has 178 valence electrons. The summed E-state index contributed by atoms with van der Waals surface area (Å²) in [4.78, 5) is 31.7. The standard InChI is InChI=1S/C25H33N3O4S/c1-2-5-33-23-16(3-4-19(26-23)28-11-17-18(12-28)20(17)24(30)31)22(29)27-21-14-6-13-7-15(21)10-25(32,8-13)9-14/h3-4,13-15,17-18,20-21,32H,2,5-12H2,1H3,(H,27,29)(H,30,31). The molecule has 1 aliphatic heterocycles. The molecule has 3 N–H and O–H groups in total. The molecule has 0 spiro atoms. The number of hydrogen-bond acceptors (Lipinski definition) is 6. The monoisotopic (exact) mass is 471 g/mol. The Morgan fingerprint density at radius 3 is 2.48 bits per heavy atom. The number of carboxylic acids is 1. The van der Waals surface area contributed by atoms with Crippen LogP contribution in [0.4, 0.5) is 5.82 Å². The first kappa shape index (κ1) is 21.7. The van der Waals surface area contributed by atoms with Gasteiger partial charge in [0.25, 0.3) is 5.91 Å². The van der Waals surface area contributed by atoms with E-state index in [0.29, 0.717) is 23.3 Å². The lowest BCUT2D eigenvalue weighted by atomic mass is 9.52. The number of thioether (sulfide) groups is 1. The summed E-state index contributed by atoms with van der Waals surface area (Å²) in [6, 6.07) is 3.97. The Morgan fingerprint density at radius 1 is 1.18 bits per heavy atom. The van der Waals surface area contributed by atoms with Gasteiger partial charge in [-0.2, -0.15) is 0 Å². The minimum atomic E-state index is -0.680. The van der Waals surface area contributed by atoms with E-state index in [1.54, 1.807) is 11.8 Å². The average molecular weight is 472 g/mol. The highest BCUT2D eigenvalue weighted by molar-refractivity contribution is 7.99. The molecule has 1 saturated heterocycles. The van der Waals surface area contributed by atoms with Gasteiger partial charge in [-0.05, 0) is 86.0 Å². The summed E-state index contributed by atoms with van der Waals surface area (Å²) in [6.07, 6.45) is 5.80. The Hall–Kier alpha value is -1.80. The van der Waals surface area contributed by atoms with Crippen molar-refractivity contribution in [3.05, 3.63) is 17.7 Å². The van der Waals surface area contributed by atoms with Gasteiger partial charge in [-0.25, -0.2) is 4.98 Å². The molecule has 1 aromatic rings. The third-order valence-electron chi connectivity index (χ3n) is 8.87. The van der Waals surface area contributed by atoms with Crippen molar-refractivity contribution in [2.45, 2.75) is 62.1 Å². The molecule has 6 aliphatic rings. The third kappa shape index (κ3) is 3.73. The zero-order valence-corrected chi connectivity index (χ0v) is 19.9. The van der Waals surface area contributed by atoms with Crippen molar-refractivity contribution in [1.29, 1.82) is 0 Å². The van der Waals surface area contributed by atoms with Gasteiger partial charge in [0.15, 0.2) is 0 Å². The van der Waals surface area contributed by atoms with Gasteiger partial charge in [-0.3, -0.25) is 9.59 Å². The van der Waals surface area contributed by atoms with E-state index in [1.807, 2.05) is 12.1 Å². The highest BCUT2D eigenvalue weighted by atomic mass is 32.2. The molecule has 4 unspecified atom stereocenters. The van der Waals surface area contributed by atoms with Crippen molar-refractivity contribution in [2.24, 2.45) is 35.5 Å². The van der Waals surface area contributed by atoms with Crippen LogP contribution in [0.5, 0.6) is 0 Å². The molecule has 5 saturated carbocycles. The lowest BCUT2D eigenvalue weighted by Gasteiger charge is -2.58. The third-order valence-corrected chi connectivity index (χ3v) is 10.1. The fourth-order valence-corrected chi connectivity index (χ4v) is 8.49. The lowest BCUT2D eigenvalue weighted by molar-refractivity contribution is -0.139. The Kier molecular flexibility index (Phi) is 5.18. The van der Waals surface area contributed by atoms with Gasteiger partial charge in [0.1, 0.15) is 10.8 Å². The molecular weight excluding hydrogens is 438 g/mol. The highest BCUT2D eigenvalue weighted by Crippen LogP contribution is 2.56. The molecule has 4 atom stereocenters. The maximum absolute atomic E-state index is 13.4. The van der Waals surface area contributed by atoms with Crippen molar-refractivity contribution in [1.82, 2.24) is 10.3 Å². The van der Waals surface area contributed by atoms with Crippen LogP contribution in [0.1, 0.15) is 55.8 Å². The second-order valence-electron chi connectivity index (χ2n) is 11.2. The lowest BCUT2D eigenvalue weighted by Crippen LogP contribution is -2.61. The summed E-state index contributed by atoms with van der Waals surface area (Å²) in [5.41, 5.74) is 0.136. The van der Waals surface area contributed by atoms with Crippen LogP contribution < -0.4 is 10.2 Å².